The molecule has 0 aromatic heterocycles. The summed E-state index contributed by atoms with van der Waals surface area (Å²) < 4.78 is 10.4. The number of aryl methyl sites for hydroxylation is 2. The molecule has 6 nitrogen and oxygen atoms in total. The van der Waals surface area contributed by atoms with E-state index in [9.17, 15) is 9.59 Å². The average molecular weight is 352 g/mol. The first-order valence-electron chi connectivity index (χ1n) is 8.09. The zero-order valence-corrected chi connectivity index (χ0v) is 14.9. The molecule has 0 aliphatic carbocycles. The molecular formula is C20H20N2O4. The molecule has 1 atom stereocenters. The van der Waals surface area contributed by atoms with Gasteiger partial charge in [-0.05, 0) is 68.3 Å². The van der Waals surface area contributed by atoms with Gasteiger partial charge in [-0.1, -0.05) is 6.07 Å². The average Bonchev–Trinajstić information content (AvgIpc) is 2.59. The largest absolute Gasteiger partial charge is 0.479 e. The van der Waals surface area contributed by atoms with Crippen LogP contribution >= 0.6 is 0 Å². The van der Waals surface area contributed by atoms with Crippen molar-refractivity contribution >= 4 is 17.6 Å². The molecular weight excluding hydrogens is 332 g/mol. The van der Waals surface area contributed by atoms with Gasteiger partial charge in [-0.15, -0.1) is 0 Å². The molecule has 0 saturated heterocycles. The molecule has 0 bridgehead atoms. The number of hydrogen-bond donors (Lipinski definition) is 1. The second-order valence-corrected chi connectivity index (χ2v) is 5.93. The fourth-order valence-corrected chi connectivity index (χ4v) is 2.36. The Kier molecular flexibility index (Phi) is 6.34. The van der Waals surface area contributed by atoms with E-state index in [1.54, 1.807) is 24.3 Å². The lowest BCUT2D eigenvalue weighted by atomic mass is 10.1. The molecule has 0 radical (unpaired) electrons. The first-order valence-corrected chi connectivity index (χ1v) is 8.09. The molecule has 0 unspecified atom stereocenters. The van der Waals surface area contributed by atoms with E-state index < -0.39 is 24.6 Å². The predicted molar refractivity (Wildman–Crippen MR) is 96.8 cm³/mol. The quantitative estimate of drug-likeness (QED) is 0.807. The van der Waals surface area contributed by atoms with Crippen molar-refractivity contribution in [1.82, 2.24) is 0 Å². The van der Waals surface area contributed by atoms with Crippen LogP contribution < -0.4 is 10.1 Å². The molecule has 26 heavy (non-hydrogen) atoms. The third-order valence-corrected chi connectivity index (χ3v) is 3.48. The summed E-state index contributed by atoms with van der Waals surface area (Å²) in [6.45, 7) is 5.00. The van der Waals surface area contributed by atoms with Crippen molar-refractivity contribution in [1.29, 1.82) is 5.26 Å². The summed E-state index contributed by atoms with van der Waals surface area (Å²) in [7, 11) is 0. The lowest BCUT2D eigenvalue weighted by Gasteiger charge is -2.14. The second-order valence-electron chi connectivity index (χ2n) is 5.93. The fourth-order valence-electron chi connectivity index (χ4n) is 2.36. The Bertz CT molecular complexity index is 818. The molecule has 2 aromatic carbocycles. The number of nitrogens with zero attached hydrogens (tertiary/aromatic N) is 1. The molecule has 2 aromatic rings. The number of anilines is 1. The van der Waals surface area contributed by atoms with Crippen LogP contribution in [0.4, 0.5) is 5.69 Å². The van der Waals surface area contributed by atoms with Gasteiger partial charge < -0.3 is 14.8 Å². The van der Waals surface area contributed by atoms with Crippen LogP contribution in [-0.4, -0.2) is 24.6 Å². The Morgan fingerprint density at radius 2 is 1.73 bits per heavy atom. The third-order valence-electron chi connectivity index (χ3n) is 3.48. The van der Waals surface area contributed by atoms with E-state index >= 15 is 0 Å². The number of nitriles is 1. The van der Waals surface area contributed by atoms with Gasteiger partial charge in [0.1, 0.15) is 5.75 Å². The molecule has 1 amide bonds. The minimum absolute atomic E-state index is 0.396. The van der Waals surface area contributed by atoms with Crippen molar-refractivity contribution in [2.75, 3.05) is 11.9 Å². The van der Waals surface area contributed by atoms with E-state index in [0.717, 1.165) is 11.1 Å². The molecule has 0 heterocycles. The van der Waals surface area contributed by atoms with Gasteiger partial charge in [0.25, 0.3) is 5.91 Å². The van der Waals surface area contributed by atoms with Gasteiger partial charge in [-0.25, -0.2) is 4.79 Å². The number of nitrogens with one attached hydrogen (secondary N) is 1. The number of carbonyl (C=O) groups is 2. The van der Waals surface area contributed by atoms with Crippen molar-refractivity contribution in [2.24, 2.45) is 0 Å². The minimum Gasteiger partial charge on any atom is -0.479 e. The highest BCUT2D eigenvalue weighted by atomic mass is 16.6. The second kappa shape index (κ2) is 8.67. The molecule has 134 valence electrons. The van der Waals surface area contributed by atoms with E-state index in [2.05, 4.69) is 5.32 Å². The number of esters is 1. The SMILES string of the molecule is Cc1cc(C)cc(NC(=O)COC(=O)[C@@H](C)Oc2ccc(C#N)cc2)c1. The number of rotatable bonds is 6. The summed E-state index contributed by atoms with van der Waals surface area (Å²) in [6, 6.07) is 14.0. The van der Waals surface area contributed by atoms with Crippen LogP contribution in [0.2, 0.25) is 0 Å². The standard InChI is InChI=1S/C20H20N2O4/c1-13-8-14(2)10-17(9-13)22-19(23)12-25-20(24)15(3)26-18-6-4-16(11-21)5-7-18/h4-10,15H,12H2,1-3H3,(H,22,23)/t15-/m1/s1. The van der Waals surface area contributed by atoms with E-state index in [1.807, 2.05) is 38.1 Å². The molecule has 0 spiro atoms. The summed E-state index contributed by atoms with van der Waals surface area (Å²) in [4.78, 5) is 23.9. The summed E-state index contributed by atoms with van der Waals surface area (Å²) in [5.74, 6) is -0.632. The Labute approximate surface area is 152 Å². The van der Waals surface area contributed by atoms with Crippen molar-refractivity contribution in [2.45, 2.75) is 26.9 Å². The van der Waals surface area contributed by atoms with Gasteiger partial charge in [0.2, 0.25) is 0 Å². The van der Waals surface area contributed by atoms with E-state index in [-0.39, 0.29) is 0 Å². The minimum atomic E-state index is -0.878. The first kappa shape index (κ1) is 19.0. The summed E-state index contributed by atoms with van der Waals surface area (Å²) in [5, 5.41) is 11.4. The Morgan fingerprint density at radius 3 is 2.31 bits per heavy atom. The van der Waals surface area contributed by atoms with Crippen LogP contribution in [0.3, 0.4) is 0 Å². The maximum absolute atomic E-state index is 12.0. The lowest BCUT2D eigenvalue weighted by molar-refractivity contribution is -0.153. The highest BCUT2D eigenvalue weighted by molar-refractivity contribution is 5.93. The Balaban J connectivity index is 1.82. The van der Waals surface area contributed by atoms with Crippen LogP contribution in [0.25, 0.3) is 0 Å². The highest BCUT2D eigenvalue weighted by Gasteiger charge is 2.18. The number of benzene rings is 2. The monoisotopic (exact) mass is 352 g/mol. The van der Waals surface area contributed by atoms with Crippen molar-refractivity contribution in [3.05, 3.63) is 59.2 Å². The van der Waals surface area contributed by atoms with Crippen molar-refractivity contribution in [3.8, 4) is 11.8 Å². The first-order chi connectivity index (χ1) is 12.4. The molecule has 1 N–H and O–H groups in total. The molecule has 2 rings (SSSR count). The summed E-state index contributed by atoms with van der Waals surface area (Å²) in [5.41, 5.74) is 3.21. The topological polar surface area (TPSA) is 88.4 Å². The molecule has 0 fully saturated rings. The maximum Gasteiger partial charge on any atom is 0.347 e. The predicted octanol–water partition coefficient (Wildman–Crippen LogP) is 3.12. The van der Waals surface area contributed by atoms with Gasteiger partial charge in [-0.3, -0.25) is 4.79 Å². The van der Waals surface area contributed by atoms with E-state index in [0.29, 0.717) is 17.0 Å². The maximum atomic E-state index is 12.0. The van der Waals surface area contributed by atoms with Crippen LogP contribution in [-0.2, 0) is 14.3 Å². The van der Waals surface area contributed by atoms with Gasteiger partial charge in [0.15, 0.2) is 12.7 Å². The van der Waals surface area contributed by atoms with Gasteiger partial charge in [-0.2, -0.15) is 5.26 Å². The molecule has 0 saturated carbocycles. The highest BCUT2D eigenvalue weighted by Crippen LogP contribution is 2.15. The normalized spacial score (nSPS) is 11.2. The lowest BCUT2D eigenvalue weighted by Crippen LogP contribution is -2.29. The van der Waals surface area contributed by atoms with Crippen LogP contribution in [0.1, 0.15) is 23.6 Å². The van der Waals surface area contributed by atoms with Crippen LogP contribution in [0.15, 0.2) is 42.5 Å². The van der Waals surface area contributed by atoms with Gasteiger partial charge >= 0.3 is 5.97 Å². The van der Waals surface area contributed by atoms with Gasteiger partial charge in [0, 0.05) is 5.69 Å². The van der Waals surface area contributed by atoms with E-state index in [1.165, 1.54) is 6.92 Å². The number of ether oxygens (including phenoxy) is 2. The van der Waals surface area contributed by atoms with Gasteiger partial charge in [0.05, 0.1) is 11.6 Å². The van der Waals surface area contributed by atoms with Crippen molar-refractivity contribution < 1.29 is 19.1 Å². The molecule has 0 aliphatic rings. The van der Waals surface area contributed by atoms with Crippen molar-refractivity contribution in [3.63, 3.8) is 0 Å². The molecule has 0 aliphatic heterocycles. The van der Waals surface area contributed by atoms with E-state index in [4.69, 9.17) is 14.7 Å². The van der Waals surface area contributed by atoms with Crippen LogP contribution in [0.5, 0.6) is 5.75 Å². The third kappa shape index (κ3) is 5.64. The number of carbonyl (C=O) groups excluding carboxylic acids is 2. The summed E-state index contributed by atoms with van der Waals surface area (Å²) in [6.07, 6.45) is -0.878. The fraction of sp³-hybridized carbons (Fsp3) is 0.250. The zero-order chi connectivity index (χ0) is 19.1. The van der Waals surface area contributed by atoms with Crippen LogP contribution in [0, 0.1) is 25.2 Å². The Hall–Kier alpha value is -3.33. The zero-order valence-electron chi connectivity index (χ0n) is 14.9. The number of hydrogen-bond acceptors (Lipinski definition) is 5. The smallest absolute Gasteiger partial charge is 0.347 e. The Morgan fingerprint density at radius 1 is 1.12 bits per heavy atom. The molecule has 6 heteroatoms. The number of amides is 1. The summed E-state index contributed by atoms with van der Waals surface area (Å²) >= 11 is 0.